The average molecular weight is 343 g/mol. The van der Waals surface area contributed by atoms with Gasteiger partial charge in [-0.2, -0.15) is 0 Å². The second-order valence-electron chi connectivity index (χ2n) is 6.09. The summed E-state index contributed by atoms with van der Waals surface area (Å²) >= 11 is 0. The Kier molecular flexibility index (Phi) is 5.95. The van der Waals surface area contributed by atoms with Crippen LogP contribution in [0, 0.1) is 5.82 Å². The molecule has 2 atom stereocenters. The molecule has 3 rings (SSSR count). The summed E-state index contributed by atoms with van der Waals surface area (Å²) in [5, 5.41) is 5.83. The van der Waals surface area contributed by atoms with Gasteiger partial charge in [0, 0.05) is 25.5 Å². The first-order valence-electron chi connectivity index (χ1n) is 8.53. The highest BCUT2D eigenvalue weighted by Gasteiger charge is 2.28. The van der Waals surface area contributed by atoms with Crippen molar-refractivity contribution in [1.82, 2.24) is 15.6 Å². The van der Waals surface area contributed by atoms with Gasteiger partial charge in [-0.25, -0.2) is 9.18 Å². The zero-order valence-corrected chi connectivity index (χ0v) is 14.0. The lowest BCUT2D eigenvalue weighted by molar-refractivity contribution is 0.0807. The molecule has 0 radical (unpaired) electrons. The van der Waals surface area contributed by atoms with Crippen LogP contribution in [0.3, 0.4) is 0 Å². The summed E-state index contributed by atoms with van der Waals surface area (Å²) in [5.41, 5.74) is 1.91. The summed E-state index contributed by atoms with van der Waals surface area (Å²) in [6, 6.07) is 9.49. The smallest absolute Gasteiger partial charge is 0.315 e. The molecule has 1 fully saturated rings. The number of halogens is 1. The first-order chi connectivity index (χ1) is 12.2. The number of rotatable bonds is 6. The molecule has 2 N–H and O–H groups in total. The minimum Gasteiger partial charge on any atom is -0.376 e. The van der Waals surface area contributed by atoms with Crippen LogP contribution >= 0.6 is 0 Å². The molecule has 0 saturated carbocycles. The topological polar surface area (TPSA) is 63.2 Å². The van der Waals surface area contributed by atoms with Crippen LogP contribution in [0.2, 0.25) is 0 Å². The Morgan fingerprint density at radius 2 is 2.16 bits per heavy atom. The monoisotopic (exact) mass is 343 g/mol. The van der Waals surface area contributed by atoms with Crippen LogP contribution in [0.25, 0.3) is 0 Å². The third-order valence-electron chi connectivity index (χ3n) is 4.27. The van der Waals surface area contributed by atoms with Crippen LogP contribution in [0.15, 0.2) is 48.8 Å². The number of urea groups is 1. The van der Waals surface area contributed by atoms with Crippen LogP contribution < -0.4 is 10.6 Å². The number of carbonyl (C=O) groups excluding carboxylic acids is 1. The molecule has 25 heavy (non-hydrogen) atoms. The summed E-state index contributed by atoms with van der Waals surface area (Å²) in [5.74, 6) is -0.296. The lowest BCUT2D eigenvalue weighted by Crippen LogP contribution is -2.42. The van der Waals surface area contributed by atoms with E-state index in [4.69, 9.17) is 4.74 Å². The molecule has 2 amide bonds. The number of ether oxygens (including phenoxy) is 1. The van der Waals surface area contributed by atoms with Crippen molar-refractivity contribution >= 4 is 6.03 Å². The molecule has 0 aliphatic carbocycles. The Bertz CT molecular complexity index is 673. The minimum atomic E-state index is -0.296. The zero-order chi connectivity index (χ0) is 17.5. The third kappa shape index (κ3) is 5.00. The van der Waals surface area contributed by atoms with Crippen molar-refractivity contribution in [2.75, 3.05) is 13.2 Å². The van der Waals surface area contributed by atoms with Gasteiger partial charge in [0.2, 0.25) is 0 Å². The number of nitrogens with zero attached hydrogens (tertiary/aromatic N) is 1. The van der Waals surface area contributed by atoms with Crippen LogP contribution in [-0.4, -0.2) is 30.3 Å². The molecule has 5 nitrogen and oxygen atoms in total. The van der Waals surface area contributed by atoms with E-state index in [2.05, 4.69) is 15.6 Å². The first kappa shape index (κ1) is 17.4. The Hall–Kier alpha value is -2.47. The van der Waals surface area contributed by atoms with Gasteiger partial charge in [0.1, 0.15) is 5.82 Å². The summed E-state index contributed by atoms with van der Waals surface area (Å²) in [7, 11) is 0. The quantitative estimate of drug-likeness (QED) is 0.847. The molecule has 0 unspecified atom stereocenters. The SMILES string of the molecule is O=C(NCCc1cccnc1)N[C@H](c1ccc(F)cc1)[C@H]1CCCO1. The fraction of sp³-hybridized carbons (Fsp3) is 0.368. The molecule has 1 aromatic carbocycles. The fourth-order valence-electron chi connectivity index (χ4n) is 2.99. The van der Waals surface area contributed by atoms with Gasteiger partial charge < -0.3 is 15.4 Å². The van der Waals surface area contributed by atoms with Crippen molar-refractivity contribution in [3.05, 3.63) is 65.7 Å². The van der Waals surface area contributed by atoms with Gasteiger partial charge in [-0.15, -0.1) is 0 Å². The van der Waals surface area contributed by atoms with Gasteiger partial charge >= 0.3 is 6.03 Å². The molecule has 1 aliphatic rings. The van der Waals surface area contributed by atoms with Gasteiger partial charge in [-0.1, -0.05) is 18.2 Å². The second kappa shape index (κ2) is 8.58. The number of nitrogens with one attached hydrogen (secondary N) is 2. The van der Waals surface area contributed by atoms with Gasteiger partial charge in [-0.3, -0.25) is 4.98 Å². The summed E-state index contributed by atoms with van der Waals surface area (Å²) in [6.45, 7) is 1.20. The van der Waals surface area contributed by atoms with Gasteiger partial charge in [0.25, 0.3) is 0 Å². The second-order valence-corrected chi connectivity index (χ2v) is 6.09. The van der Waals surface area contributed by atoms with Crippen LogP contribution in [-0.2, 0) is 11.2 Å². The first-order valence-corrected chi connectivity index (χ1v) is 8.53. The third-order valence-corrected chi connectivity index (χ3v) is 4.27. The van der Waals surface area contributed by atoms with E-state index in [1.165, 1.54) is 12.1 Å². The Morgan fingerprint density at radius 3 is 2.84 bits per heavy atom. The highest BCUT2D eigenvalue weighted by molar-refractivity contribution is 5.74. The fourth-order valence-corrected chi connectivity index (χ4v) is 2.99. The van der Waals surface area contributed by atoms with Crippen LogP contribution in [0.4, 0.5) is 9.18 Å². The highest BCUT2D eigenvalue weighted by Crippen LogP contribution is 2.27. The summed E-state index contributed by atoms with van der Waals surface area (Å²) in [4.78, 5) is 16.3. The minimum absolute atomic E-state index is 0.0884. The number of hydrogen-bond acceptors (Lipinski definition) is 3. The van der Waals surface area contributed by atoms with Gasteiger partial charge in [0.15, 0.2) is 0 Å². The molecule has 1 aromatic heterocycles. The molecule has 6 heteroatoms. The van der Waals surface area contributed by atoms with Crippen molar-refractivity contribution in [3.63, 3.8) is 0 Å². The van der Waals surface area contributed by atoms with Crippen molar-refractivity contribution in [1.29, 1.82) is 0 Å². The maximum absolute atomic E-state index is 13.2. The molecule has 1 aliphatic heterocycles. The van der Waals surface area contributed by atoms with E-state index in [-0.39, 0.29) is 24.0 Å². The normalized spacial score (nSPS) is 17.9. The number of hydrogen-bond donors (Lipinski definition) is 2. The van der Waals surface area contributed by atoms with Crippen molar-refractivity contribution in [3.8, 4) is 0 Å². The predicted molar refractivity (Wildman–Crippen MR) is 92.6 cm³/mol. The van der Waals surface area contributed by atoms with Crippen LogP contribution in [0.5, 0.6) is 0 Å². The molecular formula is C19H22FN3O2. The Labute approximate surface area is 146 Å². The number of pyridine rings is 1. The van der Waals surface area contributed by atoms with Crippen molar-refractivity contribution in [2.45, 2.75) is 31.4 Å². The van der Waals surface area contributed by atoms with E-state index < -0.39 is 0 Å². The maximum atomic E-state index is 13.2. The number of amides is 2. The van der Waals surface area contributed by atoms with E-state index in [1.54, 1.807) is 24.5 Å². The van der Waals surface area contributed by atoms with E-state index in [9.17, 15) is 9.18 Å². The van der Waals surface area contributed by atoms with E-state index in [0.717, 1.165) is 24.0 Å². The lowest BCUT2D eigenvalue weighted by Gasteiger charge is -2.25. The number of benzene rings is 1. The predicted octanol–water partition coefficient (Wildman–Crippen LogP) is 2.98. The standard InChI is InChI=1S/C19H22FN3O2/c20-16-7-5-15(6-8-16)18(17-4-2-12-25-17)23-19(24)22-11-9-14-3-1-10-21-13-14/h1,3,5-8,10,13,17-18H,2,4,9,11-12H2,(H2,22,23,24)/t17-,18-/m1/s1. The number of aromatic nitrogens is 1. The summed E-state index contributed by atoms with van der Waals surface area (Å²) < 4.78 is 18.9. The van der Waals surface area contributed by atoms with Crippen LogP contribution in [0.1, 0.15) is 30.0 Å². The Morgan fingerprint density at radius 1 is 1.32 bits per heavy atom. The van der Waals surface area contributed by atoms with Gasteiger partial charge in [0.05, 0.1) is 12.1 Å². The van der Waals surface area contributed by atoms with E-state index in [0.29, 0.717) is 19.6 Å². The largest absolute Gasteiger partial charge is 0.376 e. The van der Waals surface area contributed by atoms with Crippen molar-refractivity contribution in [2.24, 2.45) is 0 Å². The van der Waals surface area contributed by atoms with E-state index >= 15 is 0 Å². The zero-order valence-electron chi connectivity index (χ0n) is 14.0. The molecule has 2 heterocycles. The molecule has 1 saturated heterocycles. The molecular weight excluding hydrogens is 321 g/mol. The molecule has 0 bridgehead atoms. The Balaban J connectivity index is 1.57. The average Bonchev–Trinajstić information content (AvgIpc) is 3.16. The molecule has 0 spiro atoms. The highest BCUT2D eigenvalue weighted by atomic mass is 19.1. The number of carbonyl (C=O) groups is 1. The van der Waals surface area contributed by atoms with Gasteiger partial charge in [-0.05, 0) is 48.6 Å². The maximum Gasteiger partial charge on any atom is 0.315 e. The lowest BCUT2D eigenvalue weighted by atomic mass is 9.99. The van der Waals surface area contributed by atoms with Crippen molar-refractivity contribution < 1.29 is 13.9 Å². The summed E-state index contributed by atoms with van der Waals surface area (Å²) in [6.07, 6.45) is 5.97. The van der Waals surface area contributed by atoms with E-state index in [1.807, 2.05) is 12.1 Å². The molecule has 132 valence electrons. The molecule has 2 aromatic rings.